The van der Waals surface area contributed by atoms with Gasteiger partial charge >= 0.3 is 0 Å². The fourth-order valence-corrected chi connectivity index (χ4v) is 5.23. The number of benzene rings is 1. The molecule has 3 fully saturated rings. The number of pyridine rings is 1. The van der Waals surface area contributed by atoms with E-state index in [0.29, 0.717) is 30.0 Å². The Bertz CT molecular complexity index is 965. The van der Waals surface area contributed by atoms with Crippen LogP contribution in [0.1, 0.15) is 36.0 Å². The molecule has 0 atom stereocenters. The summed E-state index contributed by atoms with van der Waals surface area (Å²) in [5, 5.41) is 3.04. The molecule has 0 radical (unpaired) electrons. The minimum absolute atomic E-state index is 0.112. The lowest BCUT2D eigenvalue weighted by Crippen LogP contribution is -2.37. The van der Waals surface area contributed by atoms with E-state index in [9.17, 15) is 4.79 Å². The molecule has 0 bridgehead atoms. The number of amides is 1. The molecule has 2 N–H and O–H groups in total. The number of nitrogens with zero attached hydrogens (tertiary/aromatic N) is 3. The smallest absolute Gasteiger partial charge is 0.258 e. The number of morpholine rings is 1. The molecule has 7 nitrogen and oxygen atoms in total. The number of piperidine rings is 1. The van der Waals surface area contributed by atoms with Crippen LogP contribution in [0.25, 0.3) is 0 Å². The number of carbonyl (C=O) groups is 1. The third-order valence-electron chi connectivity index (χ3n) is 6.87. The molecule has 1 aromatic heterocycles. The highest BCUT2D eigenvalue weighted by Crippen LogP contribution is 2.54. The fraction of sp³-hybridized carbons (Fsp3) is 0.500. The second-order valence-corrected chi connectivity index (χ2v) is 9.99. The molecule has 1 aromatic carbocycles. The van der Waals surface area contributed by atoms with E-state index in [2.05, 4.69) is 30.9 Å². The van der Waals surface area contributed by atoms with Gasteiger partial charge < -0.3 is 19.9 Å². The summed E-state index contributed by atoms with van der Waals surface area (Å²) in [4.78, 5) is 23.7. The maximum atomic E-state index is 13.3. The summed E-state index contributed by atoms with van der Waals surface area (Å²) in [6, 6.07) is 11.9. The Balaban J connectivity index is 1.35. The van der Waals surface area contributed by atoms with E-state index in [0.717, 1.165) is 42.6 Å². The van der Waals surface area contributed by atoms with Crippen LogP contribution in [0.4, 0.5) is 17.3 Å². The predicted octanol–water partition coefficient (Wildman–Crippen LogP) is 3.78. The monoisotopic (exact) mass is 453 g/mol. The lowest BCUT2D eigenvalue weighted by molar-refractivity contribution is 0.102. The highest BCUT2D eigenvalue weighted by Gasteiger charge is 2.44. The summed E-state index contributed by atoms with van der Waals surface area (Å²) in [5.74, 6) is 1.34. The minimum Gasteiger partial charge on any atom is -0.378 e. The molecule has 2 aromatic rings. The van der Waals surface area contributed by atoms with Crippen molar-refractivity contribution in [2.24, 2.45) is 5.41 Å². The predicted molar refractivity (Wildman–Crippen MR) is 130 cm³/mol. The van der Waals surface area contributed by atoms with Crippen molar-refractivity contribution in [1.29, 1.82) is 0 Å². The van der Waals surface area contributed by atoms with Gasteiger partial charge in [-0.2, -0.15) is 0 Å². The number of hydrogen-bond acceptors (Lipinski definition) is 7. The summed E-state index contributed by atoms with van der Waals surface area (Å²) >= 11 is 1.57. The van der Waals surface area contributed by atoms with E-state index in [4.69, 9.17) is 4.74 Å². The zero-order valence-electron chi connectivity index (χ0n) is 18.6. The van der Waals surface area contributed by atoms with Crippen LogP contribution in [0.15, 0.2) is 41.3 Å². The molecule has 170 valence electrons. The van der Waals surface area contributed by atoms with Gasteiger partial charge in [0.2, 0.25) is 0 Å². The zero-order valence-corrected chi connectivity index (χ0v) is 19.4. The molecule has 1 spiro atoms. The number of hydrogen-bond donors (Lipinski definition) is 2. The second-order valence-electron chi connectivity index (χ2n) is 8.91. The van der Waals surface area contributed by atoms with Crippen molar-refractivity contribution in [1.82, 2.24) is 9.71 Å². The summed E-state index contributed by atoms with van der Waals surface area (Å²) in [6.45, 7) is 5.06. The van der Waals surface area contributed by atoms with E-state index < -0.39 is 0 Å². The molecular weight excluding hydrogens is 422 g/mol. The zero-order chi connectivity index (χ0) is 22.0. The largest absolute Gasteiger partial charge is 0.378 e. The molecule has 1 amide bonds. The summed E-state index contributed by atoms with van der Waals surface area (Å²) in [7, 11) is 1.91. The highest BCUT2D eigenvalue weighted by molar-refractivity contribution is 7.97. The van der Waals surface area contributed by atoms with Crippen LogP contribution in [0.3, 0.4) is 0 Å². The Labute approximate surface area is 194 Å². The first-order valence-electron chi connectivity index (χ1n) is 11.5. The number of carbonyl (C=O) groups excluding carboxylic acids is 1. The third-order valence-corrected chi connectivity index (χ3v) is 7.56. The van der Waals surface area contributed by atoms with Gasteiger partial charge in [-0.05, 0) is 80.4 Å². The van der Waals surface area contributed by atoms with Gasteiger partial charge in [-0.25, -0.2) is 4.98 Å². The Kier molecular flexibility index (Phi) is 6.26. The first-order chi connectivity index (χ1) is 15.7. The summed E-state index contributed by atoms with van der Waals surface area (Å²) in [6.07, 6.45) is 5.19. The first kappa shape index (κ1) is 21.6. The van der Waals surface area contributed by atoms with Crippen LogP contribution in [-0.4, -0.2) is 57.3 Å². The van der Waals surface area contributed by atoms with Gasteiger partial charge in [0.1, 0.15) is 11.6 Å². The average Bonchev–Trinajstić information content (AvgIpc) is 3.59. The van der Waals surface area contributed by atoms with Crippen molar-refractivity contribution >= 4 is 35.2 Å². The van der Waals surface area contributed by atoms with Crippen LogP contribution in [0, 0.1) is 5.41 Å². The van der Waals surface area contributed by atoms with Gasteiger partial charge in [0, 0.05) is 31.1 Å². The average molecular weight is 454 g/mol. The van der Waals surface area contributed by atoms with Crippen LogP contribution in [-0.2, 0) is 4.74 Å². The van der Waals surface area contributed by atoms with Crippen molar-refractivity contribution in [2.75, 3.05) is 61.6 Å². The molecule has 5 rings (SSSR count). The fourth-order valence-electron chi connectivity index (χ4n) is 4.69. The molecule has 0 unspecified atom stereocenters. The van der Waals surface area contributed by atoms with E-state index in [-0.39, 0.29) is 5.91 Å². The molecule has 8 heteroatoms. The maximum absolute atomic E-state index is 13.3. The van der Waals surface area contributed by atoms with Crippen molar-refractivity contribution in [3.8, 4) is 0 Å². The summed E-state index contributed by atoms with van der Waals surface area (Å²) in [5.41, 5.74) is 2.32. The van der Waals surface area contributed by atoms with Crippen molar-refractivity contribution in [2.45, 2.75) is 30.6 Å². The van der Waals surface area contributed by atoms with Crippen molar-refractivity contribution in [3.05, 3.63) is 42.0 Å². The lowest BCUT2D eigenvalue weighted by Gasteiger charge is -2.35. The number of rotatable bonds is 6. The Morgan fingerprint density at radius 1 is 1.03 bits per heavy atom. The van der Waals surface area contributed by atoms with E-state index in [1.54, 1.807) is 11.9 Å². The Morgan fingerprint density at radius 2 is 1.81 bits per heavy atom. The molecule has 32 heavy (non-hydrogen) atoms. The molecule has 3 aliphatic rings. The van der Waals surface area contributed by atoms with Crippen molar-refractivity contribution in [3.63, 3.8) is 0 Å². The minimum atomic E-state index is -0.112. The van der Waals surface area contributed by atoms with Gasteiger partial charge in [0.15, 0.2) is 0 Å². The number of aromatic nitrogens is 1. The van der Waals surface area contributed by atoms with Crippen LogP contribution >= 0.6 is 11.9 Å². The van der Waals surface area contributed by atoms with E-state index in [1.165, 1.54) is 25.7 Å². The van der Waals surface area contributed by atoms with Crippen LogP contribution in [0.5, 0.6) is 0 Å². The quantitative estimate of drug-likeness (QED) is 0.645. The molecule has 3 heterocycles. The number of nitrogens with one attached hydrogen (secondary N) is 2. The molecule has 1 aliphatic carbocycles. The van der Waals surface area contributed by atoms with Gasteiger partial charge in [0.05, 0.1) is 24.5 Å². The van der Waals surface area contributed by atoms with Gasteiger partial charge in [-0.1, -0.05) is 6.07 Å². The maximum Gasteiger partial charge on any atom is 0.258 e. The first-order valence-corrected chi connectivity index (χ1v) is 12.3. The standard InChI is InChI=1S/C24H31N5O2S/c1-25-32-18-5-6-19(20(17-18)28-11-9-24(7-8-24)10-12-28)23(30)27-21-3-2-4-22(26-21)29-13-15-31-16-14-29/h2-6,17,25H,7-16H2,1H3,(H,26,27,30). The number of anilines is 3. The van der Waals surface area contributed by atoms with Crippen LogP contribution in [0.2, 0.25) is 0 Å². The topological polar surface area (TPSA) is 69.7 Å². The van der Waals surface area contributed by atoms with Crippen LogP contribution < -0.4 is 19.8 Å². The third kappa shape index (κ3) is 4.72. The molecule has 1 saturated carbocycles. The van der Waals surface area contributed by atoms with Gasteiger partial charge in [-0.15, -0.1) is 0 Å². The Hall–Kier alpha value is -2.29. The van der Waals surface area contributed by atoms with E-state index in [1.807, 2.05) is 37.4 Å². The molecular formula is C24H31N5O2S. The van der Waals surface area contributed by atoms with E-state index >= 15 is 0 Å². The van der Waals surface area contributed by atoms with Gasteiger partial charge in [-0.3, -0.25) is 9.52 Å². The highest BCUT2D eigenvalue weighted by atomic mass is 32.2. The van der Waals surface area contributed by atoms with Gasteiger partial charge in [0.25, 0.3) is 5.91 Å². The normalized spacial score (nSPS) is 19.8. The summed E-state index contributed by atoms with van der Waals surface area (Å²) < 4.78 is 8.58. The van der Waals surface area contributed by atoms with Crippen molar-refractivity contribution < 1.29 is 9.53 Å². The second kappa shape index (κ2) is 9.29. The lowest BCUT2D eigenvalue weighted by atomic mass is 9.93. The molecule has 2 aliphatic heterocycles. The number of ether oxygens (including phenoxy) is 1. The Morgan fingerprint density at radius 3 is 2.53 bits per heavy atom. The molecule has 2 saturated heterocycles. The SMILES string of the molecule is CNSc1ccc(C(=O)Nc2cccc(N3CCOCC3)n2)c(N2CCC3(CC2)CC3)c1.